The van der Waals surface area contributed by atoms with Gasteiger partial charge in [0.15, 0.2) is 0 Å². The topological polar surface area (TPSA) is 97.5 Å². The summed E-state index contributed by atoms with van der Waals surface area (Å²) in [5.74, 6) is 0.341. The van der Waals surface area contributed by atoms with Crippen LogP contribution < -0.4 is 16.2 Å². The first-order valence-electron chi connectivity index (χ1n) is 12.3. The minimum atomic E-state index is -0.0675. The van der Waals surface area contributed by atoms with Gasteiger partial charge in [-0.2, -0.15) is 0 Å². The molecule has 0 amide bonds. The van der Waals surface area contributed by atoms with Gasteiger partial charge in [0.05, 0.1) is 24.5 Å². The smallest absolute Gasteiger partial charge is 0.315 e. The van der Waals surface area contributed by atoms with Gasteiger partial charge in [-0.25, -0.2) is 0 Å². The number of ether oxygens (including phenoxy) is 1. The van der Waals surface area contributed by atoms with E-state index in [-0.39, 0.29) is 5.56 Å². The van der Waals surface area contributed by atoms with E-state index in [9.17, 15) is 4.79 Å². The van der Waals surface area contributed by atoms with Gasteiger partial charge in [-0.05, 0) is 72.7 Å². The number of nitrogens with one attached hydrogen (secondary N) is 2. The number of hydrogen-bond donors (Lipinski definition) is 2. The largest absolute Gasteiger partial charge is 0.403 e. The van der Waals surface area contributed by atoms with Crippen molar-refractivity contribution in [3.05, 3.63) is 62.6 Å². The highest BCUT2D eigenvalue weighted by Crippen LogP contribution is 2.31. The van der Waals surface area contributed by atoms with Crippen LogP contribution >= 0.6 is 22.6 Å². The second-order valence-corrected chi connectivity index (χ2v) is 10.1. The van der Waals surface area contributed by atoms with Crippen molar-refractivity contribution >= 4 is 40.0 Å². The van der Waals surface area contributed by atoms with Crippen LogP contribution in [-0.2, 0) is 11.3 Å². The van der Waals surface area contributed by atoms with Crippen molar-refractivity contribution in [2.45, 2.75) is 32.7 Å². The molecule has 0 bridgehead atoms. The molecule has 0 aliphatic carbocycles. The maximum atomic E-state index is 13.0. The number of aromatic nitrogens is 3. The second kappa shape index (κ2) is 13.0. The molecule has 2 N–H and O–H groups in total. The number of halogens is 1. The Bertz CT molecular complexity index is 1220. The van der Waals surface area contributed by atoms with E-state index < -0.39 is 0 Å². The van der Waals surface area contributed by atoms with Gasteiger partial charge in [0.1, 0.15) is 0 Å². The van der Waals surface area contributed by atoms with Gasteiger partial charge in [-0.3, -0.25) is 9.69 Å². The minimum Gasteiger partial charge on any atom is -0.403 e. The Morgan fingerprint density at radius 1 is 1.11 bits per heavy atom. The number of unbranched alkanes of at least 4 members (excludes halogenated alkanes) is 2. The van der Waals surface area contributed by atoms with E-state index in [4.69, 9.17) is 9.15 Å². The molecule has 1 aliphatic heterocycles. The Balaban J connectivity index is 1.51. The number of aryl methyl sites for hydroxylation is 2. The molecule has 1 fully saturated rings. The summed E-state index contributed by atoms with van der Waals surface area (Å²) in [7, 11) is 0. The highest BCUT2D eigenvalue weighted by Gasteiger charge is 2.17. The molecule has 36 heavy (non-hydrogen) atoms. The summed E-state index contributed by atoms with van der Waals surface area (Å²) >= 11 is 2.29. The first-order valence-corrected chi connectivity index (χ1v) is 13.4. The normalized spacial score (nSPS) is 14.1. The van der Waals surface area contributed by atoms with Gasteiger partial charge in [-0.1, -0.05) is 17.6 Å². The van der Waals surface area contributed by atoms with E-state index in [0.717, 1.165) is 66.9 Å². The van der Waals surface area contributed by atoms with Gasteiger partial charge < -0.3 is 24.4 Å². The molecule has 0 radical (unpaired) electrons. The van der Waals surface area contributed by atoms with Crippen molar-refractivity contribution in [3.63, 3.8) is 0 Å². The molecule has 3 aromatic rings. The van der Waals surface area contributed by atoms with E-state index in [1.54, 1.807) is 16.7 Å². The number of morpholine rings is 1. The predicted octanol–water partition coefficient (Wildman–Crippen LogP) is 4.66. The Labute approximate surface area is 225 Å². The van der Waals surface area contributed by atoms with E-state index in [2.05, 4.69) is 61.0 Å². The van der Waals surface area contributed by atoms with Crippen LogP contribution in [0.25, 0.3) is 11.5 Å². The molecule has 4 rings (SSSR count). The van der Waals surface area contributed by atoms with E-state index in [1.165, 1.54) is 0 Å². The third-order valence-corrected chi connectivity index (χ3v) is 6.78. The Kier molecular flexibility index (Phi) is 9.54. The number of anilines is 3. The van der Waals surface area contributed by atoms with Crippen molar-refractivity contribution in [1.82, 2.24) is 19.7 Å². The average molecular weight is 604 g/mol. The first kappa shape index (κ1) is 26.4. The number of rotatable bonds is 12. The lowest BCUT2D eigenvalue weighted by Crippen LogP contribution is -2.36. The summed E-state index contributed by atoms with van der Waals surface area (Å²) in [6.07, 6.45) is 6.62. The molecule has 1 aliphatic rings. The lowest BCUT2D eigenvalue weighted by molar-refractivity contribution is 0.0371. The molecular weight excluding hydrogens is 571 g/mol. The summed E-state index contributed by atoms with van der Waals surface area (Å²) in [5.41, 5.74) is 3.24. The van der Waals surface area contributed by atoms with Crippen LogP contribution in [0.15, 0.2) is 52.3 Å². The Morgan fingerprint density at radius 3 is 2.69 bits per heavy atom. The van der Waals surface area contributed by atoms with Gasteiger partial charge in [-0.15, -0.1) is 11.7 Å². The molecular formula is C26H33IN6O3. The van der Waals surface area contributed by atoms with Crippen LogP contribution in [0.4, 0.5) is 17.4 Å². The van der Waals surface area contributed by atoms with Crippen LogP contribution in [0.5, 0.6) is 0 Å². The zero-order valence-corrected chi connectivity index (χ0v) is 22.8. The molecule has 1 aromatic carbocycles. The molecule has 10 heteroatoms. The lowest BCUT2D eigenvalue weighted by Gasteiger charge is -2.26. The fourth-order valence-corrected chi connectivity index (χ4v) is 4.76. The summed E-state index contributed by atoms with van der Waals surface area (Å²) in [5, 5.41) is 14.7. The highest BCUT2D eigenvalue weighted by molar-refractivity contribution is 14.1. The van der Waals surface area contributed by atoms with Crippen molar-refractivity contribution in [1.29, 1.82) is 0 Å². The predicted molar refractivity (Wildman–Crippen MR) is 151 cm³/mol. The molecule has 192 valence electrons. The molecule has 3 heterocycles. The van der Waals surface area contributed by atoms with E-state index in [0.29, 0.717) is 36.2 Å². The minimum absolute atomic E-state index is 0.0675. The SMILES string of the molecule is C=CCNc1nnc(-c2cn(CCCCCN3CCOCC3)c(=O)cc2Nc2ccc(I)cc2C)o1. The zero-order chi connectivity index (χ0) is 25.3. The maximum absolute atomic E-state index is 13.0. The Hall–Kier alpha value is -2.70. The third kappa shape index (κ3) is 7.17. The molecule has 0 unspecified atom stereocenters. The van der Waals surface area contributed by atoms with E-state index in [1.807, 2.05) is 25.3 Å². The molecule has 2 aromatic heterocycles. The van der Waals surface area contributed by atoms with Crippen LogP contribution in [-0.4, -0.2) is 59.1 Å². The van der Waals surface area contributed by atoms with Crippen LogP contribution in [0.1, 0.15) is 24.8 Å². The Morgan fingerprint density at radius 2 is 1.92 bits per heavy atom. The first-order chi connectivity index (χ1) is 17.5. The number of nitrogens with zero attached hydrogens (tertiary/aromatic N) is 4. The zero-order valence-electron chi connectivity index (χ0n) is 20.6. The van der Waals surface area contributed by atoms with Crippen molar-refractivity contribution in [3.8, 4) is 11.5 Å². The van der Waals surface area contributed by atoms with Crippen molar-refractivity contribution in [2.75, 3.05) is 50.0 Å². The number of pyridine rings is 1. The van der Waals surface area contributed by atoms with Crippen molar-refractivity contribution < 1.29 is 9.15 Å². The van der Waals surface area contributed by atoms with Gasteiger partial charge in [0.2, 0.25) is 0 Å². The molecule has 1 saturated heterocycles. The summed E-state index contributed by atoms with van der Waals surface area (Å²) in [6.45, 7) is 11.6. The van der Waals surface area contributed by atoms with Gasteiger partial charge in [0, 0.05) is 47.7 Å². The van der Waals surface area contributed by atoms with Crippen LogP contribution in [0.2, 0.25) is 0 Å². The van der Waals surface area contributed by atoms with Crippen molar-refractivity contribution in [2.24, 2.45) is 0 Å². The molecule has 0 atom stereocenters. The fourth-order valence-electron chi connectivity index (χ4n) is 4.12. The molecule has 9 nitrogen and oxygen atoms in total. The maximum Gasteiger partial charge on any atom is 0.315 e. The summed E-state index contributed by atoms with van der Waals surface area (Å²) < 4.78 is 14.1. The van der Waals surface area contributed by atoms with E-state index >= 15 is 0 Å². The fraction of sp³-hybridized carbons (Fsp3) is 0.423. The summed E-state index contributed by atoms with van der Waals surface area (Å²) in [6, 6.07) is 8.04. The number of benzene rings is 1. The van der Waals surface area contributed by atoms with Crippen LogP contribution in [0.3, 0.4) is 0 Å². The molecule has 0 saturated carbocycles. The quantitative estimate of drug-likeness (QED) is 0.175. The molecule has 0 spiro atoms. The second-order valence-electron chi connectivity index (χ2n) is 8.81. The third-order valence-electron chi connectivity index (χ3n) is 6.11. The lowest BCUT2D eigenvalue weighted by atomic mass is 10.1. The average Bonchev–Trinajstić information content (AvgIpc) is 3.34. The van der Waals surface area contributed by atoms with Gasteiger partial charge >= 0.3 is 6.01 Å². The highest BCUT2D eigenvalue weighted by atomic mass is 127. The van der Waals surface area contributed by atoms with Gasteiger partial charge in [0.25, 0.3) is 11.4 Å². The number of hydrogen-bond acceptors (Lipinski definition) is 8. The van der Waals surface area contributed by atoms with Crippen LogP contribution in [0, 0.1) is 10.5 Å². The monoisotopic (exact) mass is 604 g/mol. The standard InChI is InChI=1S/C26H33IN6O3/c1-3-9-28-26-31-30-25(36-26)21-18-33(11-6-4-5-10-32-12-14-35-15-13-32)24(34)17-23(21)29-22-8-7-20(27)16-19(22)2/h3,7-8,16-18,29H,1,4-6,9-15H2,2H3,(H,28,31). The summed E-state index contributed by atoms with van der Waals surface area (Å²) in [4.78, 5) is 15.5.